The number of para-hydroxylation sites is 1. The van der Waals surface area contributed by atoms with Crippen molar-refractivity contribution in [3.63, 3.8) is 0 Å². The van der Waals surface area contributed by atoms with Gasteiger partial charge >= 0.3 is 0 Å². The van der Waals surface area contributed by atoms with Crippen molar-refractivity contribution in [1.29, 1.82) is 0 Å². The molecule has 0 bridgehead atoms. The largest absolute Gasteiger partial charge is 0.378 e. The van der Waals surface area contributed by atoms with Gasteiger partial charge in [0.05, 0.1) is 18.9 Å². The summed E-state index contributed by atoms with van der Waals surface area (Å²) in [7, 11) is 0. The van der Waals surface area contributed by atoms with Crippen LogP contribution in [-0.4, -0.2) is 73.3 Å². The molecule has 7 nitrogen and oxygen atoms in total. The van der Waals surface area contributed by atoms with Crippen molar-refractivity contribution >= 4 is 17.4 Å². The fraction of sp³-hybridized carbons (Fsp3) is 0.320. The van der Waals surface area contributed by atoms with E-state index in [1.54, 1.807) is 35.4 Å². The van der Waals surface area contributed by atoms with Crippen LogP contribution < -0.4 is 9.80 Å². The van der Waals surface area contributed by atoms with E-state index in [-0.39, 0.29) is 17.5 Å². The lowest BCUT2D eigenvalue weighted by molar-refractivity contribution is 0.0302. The quantitative estimate of drug-likeness (QED) is 0.590. The van der Waals surface area contributed by atoms with Crippen molar-refractivity contribution in [2.75, 3.05) is 62.3 Å². The third-order valence-corrected chi connectivity index (χ3v) is 6.17. The van der Waals surface area contributed by atoms with E-state index in [1.807, 2.05) is 15.9 Å². The highest BCUT2D eigenvalue weighted by molar-refractivity contribution is 5.99. The number of carbonyl (C=O) groups excluding carboxylic acids is 1. The van der Waals surface area contributed by atoms with Gasteiger partial charge in [-0.25, -0.2) is 18.7 Å². The molecule has 2 saturated heterocycles. The first-order valence-corrected chi connectivity index (χ1v) is 11.3. The Morgan fingerprint density at radius 1 is 0.853 bits per heavy atom. The third kappa shape index (κ3) is 4.56. The molecule has 9 heteroatoms. The Bertz CT molecular complexity index is 1160. The number of hydrogen-bond donors (Lipinski definition) is 0. The van der Waals surface area contributed by atoms with Crippen LogP contribution in [0.3, 0.4) is 0 Å². The molecule has 2 aliphatic rings. The zero-order valence-corrected chi connectivity index (χ0v) is 18.7. The van der Waals surface area contributed by atoms with Gasteiger partial charge in [-0.1, -0.05) is 12.1 Å². The second-order valence-corrected chi connectivity index (χ2v) is 8.27. The summed E-state index contributed by atoms with van der Waals surface area (Å²) in [5, 5.41) is 0. The summed E-state index contributed by atoms with van der Waals surface area (Å²) in [6.45, 7) is 4.32. The van der Waals surface area contributed by atoms with E-state index >= 15 is 0 Å². The SMILES string of the molecule is O=C(c1cnc(-c2ccc(F)cc2)nc1N1CCN(c2ccccc2F)CC1)N1CCOCC1. The Hall–Kier alpha value is -3.59. The Morgan fingerprint density at radius 2 is 1.53 bits per heavy atom. The first kappa shape index (κ1) is 22.2. The molecule has 0 atom stereocenters. The molecule has 3 heterocycles. The molecule has 34 heavy (non-hydrogen) atoms. The topological polar surface area (TPSA) is 61.8 Å². The predicted molar refractivity (Wildman–Crippen MR) is 125 cm³/mol. The van der Waals surface area contributed by atoms with Crippen LogP contribution in [-0.2, 0) is 4.74 Å². The molecule has 176 valence electrons. The predicted octanol–water partition coefficient (Wildman–Crippen LogP) is 3.22. The summed E-state index contributed by atoms with van der Waals surface area (Å²) in [4.78, 5) is 28.3. The average molecular weight is 466 g/mol. The molecular weight excluding hydrogens is 440 g/mol. The lowest BCUT2D eigenvalue weighted by Crippen LogP contribution is -2.48. The number of carbonyl (C=O) groups is 1. The Balaban J connectivity index is 1.44. The van der Waals surface area contributed by atoms with Gasteiger partial charge in [0.2, 0.25) is 0 Å². The number of aromatic nitrogens is 2. The van der Waals surface area contributed by atoms with Crippen LogP contribution in [0.1, 0.15) is 10.4 Å². The Morgan fingerprint density at radius 3 is 2.24 bits per heavy atom. The Labute approximate surface area is 196 Å². The molecule has 3 aromatic rings. The van der Waals surface area contributed by atoms with Gasteiger partial charge in [0.15, 0.2) is 5.82 Å². The maximum Gasteiger partial charge on any atom is 0.259 e. The maximum absolute atomic E-state index is 14.3. The zero-order valence-electron chi connectivity index (χ0n) is 18.7. The summed E-state index contributed by atoms with van der Waals surface area (Å²) >= 11 is 0. The van der Waals surface area contributed by atoms with Gasteiger partial charge in [0.1, 0.15) is 23.0 Å². The molecule has 0 unspecified atom stereocenters. The van der Waals surface area contributed by atoms with Gasteiger partial charge in [0, 0.05) is 51.0 Å². The maximum atomic E-state index is 14.3. The molecule has 0 N–H and O–H groups in total. The number of hydrogen-bond acceptors (Lipinski definition) is 6. The number of rotatable bonds is 4. The Kier molecular flexibility index (Phi) is 6.35. The molecule has 5 rings (SSSR count). The number of benzene rings is 2. The summed E-state index contributed by atoms with van der Waals surface area (Å²) in [6, 6.07) is 12.7. The molecule has 1 amide bonds. The van der Waals surface area contributed by atoms with Crippen molar-refractivity contribution in [3.05, 3.63) is 71.9 Å². The summed E-state index contributed by atoms with van der Waals surface area (Å²) in [5.74, 6) is 0.233. The summed E-state index contributed by atoms with van der Waals surface area (Å²) in [5.41, 5.74) is 1.66. The number of nitrogens with zero attached hydrogens (tertiary/aromatic N) is 5. The monoisotopic (exact) mass is 465 g/mol. The van der Waals surface area contributed by atoms with Crippen LogP contribution >= 0.6 is 0 Å². The normalized spacial score (nSPS) is 16.6. The van der Waals surface area contributed by atoms with Crippen LogP contribution in [0.5, 0.6) is 0 Å². The van der Waals surface area contributed by atoms with Gasteiger partial charge in [-0.05, 0) is 36.4 Å². The first-order valence-electron chi connectivity index (χ1n) is 11.3. The van der Waals surface area contributed by atoms with E-state index < -0.39 is 0 Å². The molecule has 2 fully saturated rings. The van der Waals surface area contributed by atoms with Gasteiger partial charge in [-0.15, -0.1) is 0 Å². The van der Waals surface area contributed by atoms with E-state index in [1.165, 1.54) is 18.2 Å². The van der Waals surface area contributed by atoms with Crippen molar-refractivity contribution in [2.24, 2.45) is 0 Å². The van der Waals surface area contributed by atoms with Gasteiger partial charge in [-0.3, -0.25) is 4.79 Å². The van der Waals surface area contributed by atoms with Gasteiger partial charge in [-0.2, -0.15) is 0 Å². The van der Waals surface area contributed by atoms with Crippen LogP contribution in [0.15, 0.2) is 54.7 Å². The molecular formula is C25H25F2N5O2. The third-order valence-electron chi connectivity index (χ3n) is 6.17. The van der Waals surface area contributed by atoms with Crippen LogP contribution in [0.2, 0.25) is 0 Å². The highest BCUT2D eigenvalue weighted by Crippen LogP contribution is 2.27. The summed E-state index contributed by atoms with van der Waals surface area (Å²) in [6.07, 6.45) is 1.56. The summed E-state index contributed by atoms with van der Waals surface area (Å²) < 4.78 is 33.1. The first-order chi connectivity index (χ1) is 16.6. The van der Waals surface area contributed by atoms with Crippen molar-refractivity contribution < 1.29 is 18.3 Å². The molecule has 0 spiro atoms. The van der Waals surface area contributed by atoms with E-state index in [0.717, 1.165) is 0 Å². The van der Waals surface area contributed by atoms with Crippen LogP contribution in [0.4, 0.5) is 20.3 Å². The molecule has 0 aliphatic carbocycles. The zero-order chi connectivity index (χ0) is 23.5. The fourth-order valence-corrected chi connectivity index (χ4v) is 4.31. The minimum atomic E-state index is -0.340. The number of amides is 1. The number of anilines is 2. The van der Waals surface area contributed by atoms with Crippen molar-refractivity contribution in [1.82, 2.24) is 14.9 Å². The number of morpholine rings is 1. The molecule has 0 saturated carbocycles. The second kappa shape index (κ2) is 9.72. The van der Waals surface area contributed by atoms with Gasteiger partial charge in [0.25, 0.3) is 5.91 Å². The van der Waals surface area contributed by atoms with E-state index in [0.29, 0.717) is 80.9 Å². The average Bonchev–Trinajstić information content (AvgIpc) is 2.89. The number of piperazine rings is 1. The minimum absolute atomic E-state index is 0.138. The highest BCUT2D eigenvalue weighted by Gasteiger charge is 2.28. The van der Waals surface area contributed by atoms with Crippen molar-refractivity contribution in [2.45, 2.75) is 0 Å². The molecule has 2 aromatic carbocycles. The van der Waals surface area contributed by atoms with E-state index in [4.69, 9.17) is 9.72 Å². The van der Waals surface area contributed by atoms with Gasteiger partial charge < -0.3 is 19.4 Å². The minimum Gasteiger partial charge on any atom is -0.378 e. The lowest BCUT2D eigenvalue weighted by atomic mass is 10.1. The lowest BCUT2D eigenvalue weighted by Gasteiger charge is -2.37. The van der Waals surface area contributed by atoms with Crippen LogP contribution in [0.25, 0.3) is 11.4 Å². The standard InChI is InChI=1S/C25H25F2N5O2/c26-19-7-5-18(6-8-19)23-28-17-20(25(33)32-13-15-34-16-14-32)24(29-23)31-11-9-30(10-12-31)22-4-2-1-3-21(22)27/h1-8,17H,9-16H2. The van der Waals surface area contributed by atoms with Crippen molar-refractivity contribution in [3.8, 4) is 11.4 Å². The molecule has 1 aromatic heterocycles. The van der Waals surface area contributed by atoms with E-state index in [9.17, 15) is 13.6 Å². The second-order valence-electron chi connectivity index (χ2n) is 8.27. The number of halogens is 2. The fourth-order valence-electron chi connectivity index (χ4n) is 4.31. The number of ether oxygens (including phenoxy) is 1. The highest BCUT2D eigenvalue weighted by atomic mass is 19.1. The van der Waals surface area contributed by atoms with E-state index in [2.05, 4.69) is 4.98 Å². The smallest absolute Gasteiger partial charge is 0.259 e. The molecule has 2 aliphatic heterocycles. The molecule has 0 radical (unpaired) electrons. The van der Waals surface area contributed by atoms with Crippen LogP contribution in [0, 0.1) is 11.6 Å².